The number of rotatable bonds is 1. The summed E-state index contributed by atoms with van der Waals surface area (Å²) >= 11 is 3.49. The summed E-state index contributed by atoms with van der Waals surface area (Å²) in [5, 5.41) is 9.46. The molecule has 1 aromatic rings. The third-order valence-corrected chi connectivity index (χ3v) is 7.87. The third-order valence-electron chi connectivity index (χ3n) is 4.24. The van der Waals surface area contributed by atoms with Crippen molar-refractivity contribution in [1.82, 2.24) is 4.90 Å². The van der Waals surface area contributed by atoms with Gasteiger partial charge in [-0.15, -0.1) is 11.8 Å². The fraction of sp³-hybridized carbons (Fsp3) is 0.429. The predicted molar refractivity (Wildman–Crippen MR) is 76.3 cm³/mol. The van der Waals surface area contributed by atoms with E-state index < -0.39 is 4.75 Å². The minimum absolute atomic E-state index is 0.0668. The fourth-order valence-electron chi connectivity index (χ4n) is 3.40. The summed E-state index contributed by atoms with van der Waals surface area (Å²) < 4.78 is -0.837. The van der Waals surface area contributed by atoms with Gasteiger partial charge in [-0.25, -0.2) is 0 Å². The molecule has 3 aliphatic heterocycles. The molecule has 0 saturated carbocycles. The molecule has 5 heteroatoms. The van der Waals surface area contributed by atoms with Crippen molar-refractivity contribution in [3.63, 3.8) is 0 Å². The number of carbonyl (C=O) groups excluding carboxylic acids is 1. The highest BCUT2D eigenvalue weighted by atomic mass is 32.2. The molecule has 0 aromatic heterocycles. The van der Waals surface area contributed by atoms with Crippen molar-refractivity contribution in [3.05, 3.63) is 35.9 Å². The fourth-order valence-corrected chi connectivity index (χ4v) is 7.31. The smallest absolute Gasteiger partial charge is 0.245 e. The van der Waals surface area contributed by atoms with Crippen LogP contribution in [0, 0.1) is 17.2 Å². The van der Waals surface area contributed by atoms with E-state index in [0.717, 1.165) is 17.9 Å². The first kappa shape index (κ1) is 11.7. The maximum absolute atomic E-state index is 12.8. The summed E-state index contributed by atoms with van der Waals surface area (Å²) in [4.78, 5) is 14.8. The first-order valence-corrected chi connectivity index (χ1v) is 8.14. The number of piperidine rings is 1. The highest BCUT2D eigenvalue weighted by Gasteiger charge is 2.72. The molecule has 1 amide bonds. The molecule has 96 valence electrons. The van der Waals surface area contributed by atoms with Crippen LogP contribution in [0.1, 0.15) is 12.0 Å². The van der Waals surface area contributed by atoms with Gasteiger partial charge in [-0.1, -0.05) is 42.1 Å². The lowest BCUT2D eigenvalue weighted by Crippen LogP contribution is -2.49. The SMILES string of the molecule is N#C[C@@H]1C[C@@]2(c3ccccc3)S[C@@]13SCCN3C2=O. The van der Waals surface area contributed by atoms with Crippen LogP contribution in [0.5, 0.6) is 0 Å². The minimum Gasteiger partial charge on any atom is -0.315 e. The molecule has 3 nitrogen and oxygen atoms in total. The van der Waals surface area contributed by atoms with Crippen molar-refractivity contribution in [2.45, 2.75) is 15.4 Å². The van der Waals surface area contributed by atoms with Gasteiger partial charge in [-0.05, 0) is 12.0 Å². The van der Waals surface area contributed by atoms with E-state index in [0.29, 0.717) is 6.42 Å². The van der Waals surface area contributed by atoms with Gasteiger partial charge < -0.3 is 4.90 Å². The van der Waals surface area contributed by atoms with Crippen LogP contribution in [0.2, 0.25) is 0 Å². The Morgan fingerprint density at radius 2 is 2.16 bits per heavy atom. The largest absolute Gasteiger partial charge is 0.315 e. The molecule has 2 bridgehead atoms. The van der Waals surface area contributed by atoms with Crippen LogP contribution >= 0.6 is 23.5 Å². The Balaban J connectivity index is 1.88. The summed E-state index contributed by atoms with van der Waals surface area (Å²) in [6.45, 7) is 0.781. The minimum atomic E-state index is -0.519. The average molecular weight is 288 g/mol. The molecule has 3 fully saturated rings. The lowest BCUT2D eigenvalue weighted by Gasteiger charge is -2.34. The molecule has 0 unspecified atom stereocenters. The van der Waals surface area contributed by atoms with Crippen LogP contribution in [-0.4, -0.2) is 27.3 Å². The molecule has 3 saturated heterocycles. The molecule has 1 spiro atoms. The van der Waals surface area contributed by atoms with Crippen molar-refractivity contribution < 1.29 is 4.79 Å². The second kappa shape index (κ2) is 3.71. The van der Waals surface area contributed by atoms with Gasteiger partial charge in [0.25, 0.3) is 0 Å². The van der Waals surface area contributed by atoms with Crippen LogP contribution in [0.3, 0.4) is 0 Å². The molecule has 3 aliphatic rings. The summed E-state index contributed by atoms with van der Waals surface area (Å²) in [5.41, 5.74) is 1.05. The number of nitrogens with zero attached hydrogens (tertiary/aromatic N) is 2. The quantitative estimate of drug-likeness (QED) is 0.796. The third kappa shape index (κ3) is 1.24. The van der Waals surface area contributed by atoms with Gasteiger partial charge >= 0.3 is 0 Å². The van der Waals surface area contributed by atoms with Crippen LogP contribution in [0.4, 0.5) is 0 Å². The molecule has 4 rings (SSSR count). The lowest BCUT2D eigenvalue weighted by molar-refractivity contribution is -0.136. The van der Waals surface area contributed by atoms with E-state index in [1.165, 1.54) is 0 Å². The average Bonchev–Trinajstić information content (AvgIpc) is 3.08. The zero-order chi connectivity index (χ0) is 13.1. The van der Waals surface area contributed by atoms with E-state index in [9.17, 15) is 10.1 Å². The molecule has 3 heterocycles. The first-order valence-electron chi connectivity index (χ1n) is 6.34. The maximum atomic E-state index is 12.8. The molecule has 1 aromatic carbocycles. The zero-order valence-electron chi connectivity index (χ0n) is 10.2. The van der Waals surface area contributed by atoms with Crippen molar-refractivity contribution in [2.24, 2.45) is 5.92 Å². The maximum Gasteiger partial charge on any atom is 0.245 e. The van der Waals surface area contributed by atoms with Gasteiger partial charge in [-0.2, -0.15) is 5.26 Å². The number of fused-ring (bicyclic) bond motifs is 1. The standard InChI is InChI=1S/C14H12N2OS2/c15-9-11-8-13(10-4-2-1-3-5-10)12(17)16-6-7-18-14(11,16)19-13/h1-5,11H,6-8H2/t11-,13-,14-/m0/s1. The highest BCUT2D eigenvalue weighted by Crippen LogP contribution is 2.71. The van der Waals surface area contributed by atoms with E-state index in [2.05, 4.69) is 6.07 Å². The molecule has 0 aliphatic carbocycles. The Labute approximate surface area is 120 Å². The monoisotopic (exact) mass is 288 g/mol. The summed E-state index contributed by atoms with van der Waals surface area (Å²) in [5.74, 6) is 1.09. The number of amides is 1. The zero-order valence-corrected chi connectivity index (χ0v) is 11.8. The molecule has 0 N–H and O–H groups in total. The number of carbonyl (C=O) groups is 1. The second-order valence-corrected chi connectivity index (χ2v) is 8.22. The van der Waals surface area contributed by atoms with E-state index >= 15 is 0 Å². The van der Waals surface area contributed by atoms with Gasteiger partial charge in [0, 0.05) is 12.3 Å². The van der Waals surface area contributed by atoms with Crippen molar-refractivity contribution in [2.75, 3.05) is 12.3 Å². The Bertz CT molecular complexity index is 599. The Morgan fingerprint density at radius 3 is 2.89 bits per heavy atom. The number of hydrogen-bond acceptors (Lipinski definition) is 4. The molecule has 0 radical (unpaired) electrons. The predicted octanol–water partition coefficient (Wildman–Crippen LogP) is 2.40. The first-order chi connectivity index (χ1) is 9.23. The normalized spacial score (nSPS) is 39.4. The number of hydrogen-bond donors (Lipinski definition) is 0. The highest BCUT2D eigenvalue weighted by molar-refractivity contribution is 8.19. The molecular formula is C14H12N2OS2. The van der Waals surface area contributed by atoms with Gasteiger partial charge in [0.2, 0.25) is 5.91 Å². The van der Waals surface area contributed by atoms with Crippen LogP contribution in [0.25, 0.3) is 0 Å². The van der Waals surface area contributed by atoms with E-state index in [1.807, 2.05) is 35.2 Å². The molecule has 3 atom stereocenters. The summed E-state index contributed by atoms with van der Waals surface area (Å²) in [7, 11) is 0. The van der Waals surface area contributed by atoms with Crippen molar-refractivity contribution >= 4 is 29.4 Å². The van der Waals surface area contributed by atoms with Gasteiger partial charge in [0.1, 0.15) is 4.75 Å². The van der Waals surface area contributed by atoms with E-state index in [-0.39, 0.29) is 16.0 Å². The summed E-state index contributed by atoms with van der Waals surface area (Å²) in [6, 6.07) is 12.4. The van der Waals surface area contributed by atoms with Gasteiger partial charge in [0.15, 0.2) is 4.20 Å². The molecular weight excluding hydrogens is 276 g/mol. The Kier molecular flexibility index (Phi) is 2.28. The van der Waals surface area contributed by atoms with Gasteiger partial charge in [-0.3, -0.25) is 4.79 Å². The second-order valence-electron chi connectivity index (χ2n) is 5.12. The molecule has 19 heavy (non-hydrogen) atoms. The Hall–Kier alpha value is -1.12. The van der Waals surface area contributed by atoms with Crippen molar-refractivity contribution in [3.8, 4) is 6.07 Å². The van der Waals surface area contributed by atoms with Crippen LogP contribution < -0.4 is 0 Å². The lowest BCUT2D eigenvalue weighted by atomic mass is 9.84. The van der Waals surface area contributed by atoms with Crippen LogP contribution in [-0.2, 0) is 9.54 Å². The number of thioether (sulfide) groups is 2. The van der Waals surface area contributed by atoms with Crippen LogP contribution in [0.15, 0.2) is 30.3 Å². The van der Waals surface area contributed by atoms with E-state index in [4.69, 9.17) is 0 Å². The number of nitriles is 1. The summed E-state index contributed by atoms with van der Waals surface area (Å²) in [6.07, 6.45) is 0.653. The Morgan fingerprint density at radius 1 is 1.37 bits per heavy atom. The van der Waals surface area contributed by atoms with Gasteiger partial charge in [0.05, 0.1) is 12.0 Å². The van der Waals surface area contributed by atoms with Crippen molar-refractivity contribution in [1.29, 1.82) is 5.26 Å². The topological polar surface area (TPSA) is 44.1 Å². The van der Waals surface area contributed by atoms with E-state index in [1.54, 1.807) is 23.5 Å². The number of benzene rings is 1.